The van der Waals surface area contributed by atoms with E-state index in [1.165, 1.54) is 6.92 Å². The van der Waals surface area contributed by atoms with Crippen LogP contribution in [0.5, 0.6) is 0 Å². The number of morpholine rings is 1. The minimum absolute atomic E-state index is 0.241. The van der Waals surface area contributed by atoms with Crippen molar-refractivity contribution in [3.8, 4) is 0 Å². The van der Waals surface area contributed by atoms with E-state index in [1.54, 1.807) is 0 Å². The fraction of sp³-hybridized carbons (Fsp3) is 0.417. The monoisotopic (exact) mass is 411 g/mol. The first-order valence-electron chi connectivity index (χ1n) is 10.3. The van der Waals surface area contributed by atoms with Crippen molar-refractivity contribution in [2.45, 2.75) is 25.4 Å². The van der Waals surface area contributed by atoms with Gasteiger partial charge in [-0.05, 0) is 11.1 Å². The molecule has 0 aromatic heterocycles. The molecule has 0 atom stereocenters. The van der Waals surface area contributed by atoms with Crippen molar-refractivity contribution in [3.05, 3.63) is 71.8 Å². The van der Waals surface area contributed by atoms with E-state index in [4.69, 9.17) is 14.2 Å². The van der Waals surface area contributed by atoms with E-state index in [0.29, 0.717) is 19.8 Å². The molecule has 3 rings (SSSR count). The number of nitrogens with zero attached hydrogens (tertiary/aromatic N) is 1. The molecule has 0 N–H and O–H groups in total. The van der Waals surface area contributed by atoms with Gasteiger partial charge in [0, 0.05) is 39.4 Å². The van der Waals surface area contributed by atoms with Gasteiger partial charge >= 0.3 is 11.9 Å². The van der Waals surface area contributed by atoms with Gasteiger partial charge in [0.25, 0.3) is 0 Å². The van der Waals surface area contributed by atoms with Gasteiger partial charge in [-0.2, -0.15) is 0 Å². The summed E-state index contributed by atoms with van der Waals surface area (Å²) in [6.07, 6.45) is 0.497. The molecule has 0 aliphatic carbocycles. The van der Waals surface area contributed by atoms with Crippen molar-refractivity contribution in [1.29, 1.82) is 0 Å². The lowest BCUT2D eigenvalue weighted by Crippen LogP contribution is -2.49. The van der Waals surface area contributed by atoms with E-state index >= 15 is 0 Å². The molecule has 0 amide bonds. The van der Waals surface area contributed by atoms with Crippen LogP contribution in [0.3, 0.4) is 0 Å². The molecule has 160 valence electrons. The summed E-state index contributed by atoms with van der Waals surface area (Å²) in [5, 5.41) is 0. The Balaban J connectivity index is 1.79. The average Bonchev–Trinajstić information content (AvgIpc) is 2.75. The van der Waals surface area contributed by atoms with Crippen molar-refractivity contribution in [2.24, 2.45) is 0 Å². The van der Waals surface area contributed by atoms with Gasteiger partial charge in [0.05, 0.1) is 13.2 Å². The van der Waals surface area contributed by atoms with Crippen molar-refractivity contribution < 1.29 is 23.8 Å². The van der Waals surface area contributed by atoms with Gasteiger partial charge in [-0.1, -0.05) is 60.7 Å². The third-order valence-corrected chi connectivity index (χ3v) is 5.12. The number of hydrogen-bond donors (Lipinski definition) is 0. The fourth-order valence-corrected chi connectivity index (χ4v) is 3.67. The zero-order valence-electron chi connectivity index (χ0n) is 17.4. The molecule has 2 aromatic rings. The van der Waals surface area contributed by atoms with Crippen molar-refractivity contribution in [1.82, 2.24) is 4.90 Å². The first-order valence-corrected chi connectivity index (χ1v) is 10.3. The Labute approximate surface area is 177 Å². The van der Waals surface area contributed by atoms with Gasteiger partial charge in [0.1, 0.15) is 6.61 Å². The second kappa shape index (κ2) is 10.9. The highest BCUT2D eigenvalue weighted by Gasteiger charge is 2.44. The van der Waals surface area contributed by atoms with Crippen molar-refractivity contribution in [2.75, 3.05) is 39.5 Å². The zero-order chi connectivity index (χ0) is 21.2. The smallest absolute Gasteiger partial charge is 0.351 e. The normalized spacial score (nSPS) is 14.8. The maximum atomic E-state index is 13.3. The number of benzene rings is 2. The SMILES string of the molecule is CC(=O)OC(Cc1ccccc1)(Cc1ccccc1)C(=O)OCCN1CCOCC1. The average molecular weight is 411 g/mol. The second-order valence-corrected chi connectivity index (χ2v) is 7.50. The van der Waals surface area contributed by atoms with Crippen LogP contribution in [0.4, 0.5) is 0 Å². The third-order valence-electron chi connectivity index (χ3n) is 5.12. The molecular formula is C24H29NO5. The van der Waals surface area contributed by atoms with Gasteiger partial charge in [-0.3, -0.25) is 9.69 Å². The Hall–Kier alpha value is -2.70. The van der Waals surface area contributed by atoms with E-state index < -0.39 is 17.5 Å². The summed E-state index contributed by atoms with van der Waals surface area (Å²) in [6, 6.07) is 19.1. The van der Waals surface area contributed by atoms with E-state index in [0.717, 1.165) is 24.2 Å². The largest absolute Gasteiger partial charge is 0.461 e. The minimum atomic E-state index is -1.42. The van der Waals surface area contributed by atoms with Crippen LogP contribution in [-0.4, -0.2) is 61.9 Å². The molecule has 0 saturated carbocycles. The van der Waals surface area contributed by atoms with Crippen LogP contribution in [-0.2, 0) is 36.6 Å². The fourth-order valence-electron chi connectivity index (χ4n) is 3.67. The number of hydrogen-bond acceptors (Lipinski definition) is 6. The predicted molar refractivity (Wildman–Crippen MR) is 113 cm³/mol. The summed E-state index contributed by atoms with van der Waals surface area (Å²) in [4.78, 5) is 27.5. The maximum Gasteiger partial charge on any atom is 0.351 e. The maximum absolute atomic E-state index is 13.3. The summed E-state index contributed by atoms with van der Waals surface area (Å²) in [7, 11) is 0. The quantitative estimate of drug-likeness (QED) is 0.591. The molecule has 2 aromatic carbocycles. The molecule has 1 fully saturated rings. The standard InChI is InChI=1S/C24H29NO5/c1-20(26)30-24(18-21-8-4-2-5-9-21,19-22-10-6-3-7-11-22)23(27)29-17-14-25-12-15-28-16-13-25/h2-11H,12-19H2,1H3. The van der Waals surface area contributed by atoms with Crippen LogP contribution in [0.1, 0.15) is 18.1 Å². The van der Waals surface area contributed by atoms with Gasteiger partial charge in [-0.25, -0.2) is 4.79 Å². The summed E-state index contributed by atoms with van der Waals surface area (Å²) >= 11 is 0. The lowest BCUT2D eigenvalue weighted by Gasteiger charge is -2.32. The van der Waals surface area contributed by atoms with Gasteiger partial charge in [-0.15, -0.1) is 0 Å². The molecule has 30 heavy (non-hydrogen) atoms. The molecular weight excluding hydrogens is 382 g/mol. The molecule has 0 bridgehead atoms. The van der Waals surface area contributed by atoms with E-state index in [1.807, 2.05) is 60.7 Å². The highest BCUT2D eigenvalue weighted by molar-refractivity contribution is 5.84. The number of carbonyl (C=O) groups excluding carboxylic acids is 2. The highest BCUT2D eigenvalue weighted by Crippen LogP contribution is 2.26. The molecule has 0 unspecified atom stereocenters. The van der Waals surface area contributed by atoms with Crippen molar-refractivity contribution in [3.63, 3.8) is 0 Å². The zero-order valence-corrected chi connectivity index (χ0v) is 17.4. The van der Waals surface area contributed by atoms with Crippen LogP contribution in [0.25, 0.3) is 0 Å². The van der Waals surface area contributed by atoms with E-state index in [2.05, 4.69) is 4.90 Å². The molecule has 1 heterocycles. The summed E-state index contributed by atoms with van der Waals surface area (Å²) in [5.74, 6) is -1.02. The Bertz CT molecular complexity index is 761. The molecule has 0 spiro atoms. The number of ether oxygens (including phenoxy) is 3. The third kappa shape index (κ3) is 6.40. The van der Waals surface area contributed by atoms with E-state index in [-0.39, 0.29) is 19.4 Å². The molecule has 1 aliphatic heterocycles. The minimum Gasteiger partial charge on any atom is -0.461 e. The Morgan fingerprint density at radius 1 is 0.933 bits per heavy atom. The van der Waals surface area contributed by atoms with Gasteiger partial charge in [0.2, 0.25) is 5.60 Å². The summed E-state index contributed by atoms with van der Waals surface area (Å²) in [6.45, 7) is 5.21. The summed E-state index contributed by atoms with van der Waals surface area (Å²) in [5.41, 5.74) is 0.388. The predicted octanol–water partition coefficient (Wildman–Crippen LogP) is 2.65. The second-order valence-electron chi connectivity index (χ2n) is 7.50. The molecule has 6 nitrogen and oxygen atoms in total. The molecule has 0 radical (unpaired) electrons. The summed E-state index contributed by atoms with van der Waals surface area (Å²) < 4.78 is 16.7. The highest BCUT2D eigenvalue weighted by atomic mass is 16.6. The van der Waals surface area contributed by atoms with E-state index in [9.17, 15) is 9.59 Å². The van der Waals surface area contributed by atoms with Gasteiger partial charge in [0.15, 0.2) is 0 Å². The topological polar surface area (TPSA) is 65.1 Å². The number of esters is 2. The van der Waals surface area contributed by atoms with Crippen molar-refractivity contribution >= 4 is 11.9 Å². The van der Waals surface area contributed by atoms with Crippen LogP contribution >= 0.6 is 0 Å². The van der Waals surface area contributed by atoms with Crippen LogP contribution in [0.15, 0.2) is 60.7 Å². The van der Waals surface area contributed by atoms with Crippen LogP contribution < -0.4 is 0 Å². The molecule has 1 saturated heterocycles. The van der Waals surface area contributed by atoms with Gasteiger partial charge < -0.3 is 14.2 Å². The van der Waals surface area contributed by atoms with Crippen LogP contribution in [0.2, 0.25) is 0 Å². The molecule has 6 heteroatoms. The van der Waals surface area contributed by atoms with Crippen LogP contribution in [0, 0.1) is 0 Å². The number of carbonyl (C=O) groups is 2. The Morgan fingerprint density at radius 3 is 1.97 bits per heavy atom. The first kappa shape index (κ1) is 22.0. The lowest BCUT2D eigenvalue weighted by molar-refractivity contribution is -0.182. The Morgan fingerprint density at radius 2 is 1.47 bits per heavy atom. The first-order chi connectivity index (χ1) is 14.6. The molecule has 1 aliphatic rings. The Kier molecular flexibility index (Phi) is 7.99. The lowest BCUT2D eigenvalue weighted by atomic mass is 9.87. The number of rotatable bonds is 9.